The molecule has 0 atom stereocenters. The Hall–Kier alpha value is -0.833. The summed E-state index contributed by atoms with van der Waals surface area (Å²) in [7, 11) is -2.67. The van der Waals surface area contributed by atoms with Crippen LogP contribution in [0.1, 0.15) is 26.6 Å². The van der Waals surface area contributed by atoms with Crippen molar-refractivity contribution in [2.45, 2.75) is 26.8 Å². The van der Waals surface area contributed by atoms with Gasteiger partial charge in [0, 0.05) is 19.8 Å². The fourth-order valence-electron chi connectivity index (χ4n) is 1.40. The van der Waals surface area contributed by atoms with Crippen molar-refractivity contribution in [1.82, 2.24) is 20.6 Å². The first kappa shape index (κ1) is 13.2. The Morgan fingerprint density at radius 3 is 2.00 bits per heavy atom. The summed E-state index contributed by atoms with van der Waals surface area (Å²) < 4.78 is 17.0. The minimum atomic E-state index is -2.67. The van der Waals surface area contributed by atoms with Crippen molar-refractivity contribution in [2.24, 2.45) is 0 Å². The summed E-state index contributed by atoms with van der Waals surface area (Å²) in [6.07, 6.45) is 0. The molecule has 0 aliphatic rings. The van der Waals surface area contributed by atoms with Gasteiger partial charge in [0.2, 0.25) is 0 Å². The smallest absolute Gasteiger partial charge is 0.373 e. The lowest BCUT2D eigenvalue weighted by Gasteiger charge is -2.27. The highest BCUT2D eigenvalue weighted by molar-refractivity contribution is 6.60. The Morgan fingerprint density at radius 2 is 1.62 bits per heavy atom. The maximum Gasteiger partial charge on any atom is 0.508 e. The number of aromatic amines is 1. The minimum Gasteiger partial charge on any atom is -0.373 e. The lowest BCUT2D eigenvalue weighted by molar-refractivity contribution is 0.0698. The second-order valence-electron chi connectivity index (χ2n) is 3.01. The van der Waals surface area contributed by atoms with Gasteiger partial charge in [-0.15, -0.1) is 5.10 Å². The highest BCUT2D eigenvalue weighted by atomic mass is 28.4. The van der Waals surface area contributed by atoms with Gasteiger partial charge in [-0.05, 0) is 31.2 Å². The van der Waals surface area contributed by atoms with Gasteiger partial charge in [0.05, 0.1) is 6.04 Å². The van der Waals surface area contributed by atoms with E-state index in [-0.39, 0.29) is 0 Å². The van der Waals surface area contributed by atoms with Crippen molar-refractivity contribution < 1.29 is 13.3 Å². The number of nitrogens with one attached hydrogen (secondary N) is 1. The molecule has 8 heteroatoms. The molecule has 16 heavy (non-hydrogen) atoms. The van der Waals surface area contributed by atoms with E-state index in [4.69, 9.17) is 13.3 Å². The van der Waals surface area contributed by atoms with Gasteiger partial charge in [-0.2, -0.15) is 0 Å². The van der Waals surface area contributed by atoms with Gasteiger partial charge >= 0.3 is 8.80 Å². The summed E-state index contributed by atoms with van der Waals surface area (Å²) in [5.41, 5.74) is 0. The second kappa shape index (κ2) is 6.69. The number of hydrogen-bond donors (Lipinski definition) is 1. The summed E-state index contributed by atoms with van der Waals surface area (Å²) in [5.74, 6) is 0.627. The third kappa shape index (κ3) is 3.63. The maximum absolute atomic E-state index is 5.66. The first-order chi connectivity index (χ1) is 7.76. The molecule has 0 saturated carbocycles. The third-order valence-corrected chi connectivity index (χ3v) is 4.82. The summed E-state index contributed by atoms with van der Waals surface area (Å²) in [5, 5.41) is 13.6. The largest absolute Gasteiger partial charge is 0.508 e. The summed E-state index contributed by atoms with van der Waals surface area (Å²) in [4.78, 5) is 0. The predicted octanol–water partition coefficient (Wildman–Crippen LogP) is 0.330. The Kier molecular flexibility index (Phi) is 5.53. The Balaban J connectivity index is 2.73. The highest BCUT2D eigenvalue weighted by Crippen LogP contribution is 2.14. The lowest BCUT2D eigenvalue weighted by Crippen LogP contribution is -2.49. The van der Waals surface area contributed by atoms with Gasteiger partial charge in [0.25, 0.3) is 0 Å². The molecule has 0 aliphatic heterocycles. The van der Waals surface area contributed by atoms with Crippen molar-refractivity contribution in [3.8, 4) is 0 Å². The zero-order chi connectivity index (χ0) is 11.9. The fourth-order valence-corrected chi connectivity index (χ4v) is 3.83. The molecule has 0 spiro atoms. The Morgan fingerprint density at radius 1 is 1.06 bits per heavy atom. The van der Waals surface area contributed by atoms with Crippen molar-refractivity contribution in [3.05, 3.63) is 5.82 Å². The molecule has 0 bridgehead atoms. The normalized spacial score (nSPS) is 11.9. The van der Waals surface area contributed by atoms with Crippen LogP contribution >= 0.6 is 0 Å². The molecule has 0 aromatic carbocycles. The van der Waals surface area contributed by atoms with Crippen molar-refractivity contribution >= 4 is 8.80 Å². The summed E-state index contributed by atoms with van der Waals surface area (Å²) in [6.45, 7) is 7.39. The van der Waals surface area contributed by atoms with E-state index in [9.17, 15) is 0 Å². The minimum absolute atomic E-state index is 0.468. The van der Waals surface area contributed by atoms with Crippen LogP contribution in [0.4, 0.5) is 0 Å². The van der Waals surface area contributed by atoms with Crippen molar-refractivity contribution in [1.29, 1.82) is 0 Å². The van der Waals surface area contributed by atoms with Crippen LogP contribution in [-0.2, 0) is 19.3 Å². The number of hydrogen-bond acceptors (Lipinski definition) is 6. The van der Waals surface area contributed by atoms with E-state index < -0.39 is 8.80 Å². The number of H-pyrrole nitrogens is 1. The molecule has 0 fully saturated rings. The van der Waals surface area contributed by atoms with Gasteiger partial charge in [-0.1, -0.05) is 0 Å². The van der Waals surface area contributed by atoms with Gasteiger partial charge in [-0.25, -0.2) is 5.10 Å². The molecule has 0 saturated heterocycles. The van der Waals surface area contributed by atoms with E-state index in [0.717, 1.165) is 0 Å². The molecule has 1 aromatic rings. The van der Waals surface area contributed by atoms with Crippen LogP contribution < -0.4 is 0 Å². The average Bonchev–Trinajstić information content (AvgIpc) is 2.71. The molecule has 0 amide bonds. The molecule has 1 aromatic heterocycles. The molecule has 1 heterocycles. The van der Waals surface area contributed by atoms with E-state index in [1.165, 1.54) is 0 Å². The molecular weight excluding hydrogens is 228 g/mol. The van der Waals surface area contributed by atoms with E-state index in [0.29, 0.717) is 31.7 Å². The molecular formula is C8H18N4O3Si. The number of nitrogens with zero attached hydrogens (tertiary/aromatic N) is 3. The zero-order valence-electron chi connectivity index (χ0n) is 9.89. The summed E-state index contributed by atoms with van der Waals surface area (Å²) >= 11 is 0. The monoisotopic (exact) mass is 246 g/mol. The van der Waals surface area contributed by atoms with Crippen LogP contribution in [0.5, 0.6) is 0 Å². The van der Waals surface area contributed by atoms with Crippen LogP contribution in [0, 0.1) is 0 Å². The van der Waals surface area contributed by atoms with E-state index in [1.54, 1.807) is 0 Å². The van der Waals surface area contributed by atoms with E-state index >= 15 is 0 Å². The topological polar surface area (TPSA) is 82.2 Å². The first-order valence-corrected chi connectivity index (χ1v) is 7.34. The van der Waals surface area contributed by atoms with Gasteiger partial charge in [0.1, 0.15) is 0 Å². The van der Waals surface area contributed by atoms with Crippen LogP contribution in [0.15, 0.2) is 0 Å². The first-order valence-electron chi connectivity index (χ1n) is 5.40. The Labute approximate surface area is 95.9 Å². The number of aromatic nitrogens is 4. The quantitative estimate of drug-likeness (QED) is 0.666. The second-order valence-corrected chi connectivity index (χ2v) is 5.59. The molecule has 0 radical (unpaired) electrons. The van der Waals surface area contributed by atoms with E-state index in [1.807, 2.05) is 20.8 Å². The molecule has 1 rings (SSSR count). The molecule has 92 valence electrons. The third-order valence-electron chi connectivity index (χ3n) is 1.87. The van der Waals surface area contributed by atoms with Gasteiger partial charge in [-0.3, -0.25) is 0 Å². The molecule has 7 nitrogen and oxygen atoms in total. The lowest BCUT2D eigenvalue weighted by atomic mass is 10.7. The average molecular weight is 246 g/mol. The molecule has 0 aliphatic carbocycles. The highest BCUT2D eigenvalue weighted by Gasteiger charge is 2.42. The molecule has 0 unspecified atom stereocenters. The molecule has 1 N–H and O–H groups in total. The fraction of sp³-hybridized carbons (Fsp3) is 0.875. The number of rotatable bonds is 8. The number of tetrazole rings is 1. The predicted molar refractivity (Wildman–Crippen MR) is 58.5 cm³/mol. The van der Waals surface area contributed by atoms with Crippen molar-refractivity contribution in [2.75, 3.05) is 19.8 Å². The van der Waals surface area contributed by atoms with Crippen LogP contribution in [0.3, 0.4) is 0 Å². The van der Waals surface area contributed by atoms with Gasteiger partial charge in [0.15, 0.2) is 5.82 Å². The Bertz CT molecular complexity index is 266. The maximum atomic E-state index is 5.66. The SMILES string of the molecule is CCO[Si](Cc1nnn[nH]1)(OCC)OCC. The standard InChI is InChI=1S/C8H18N4O3Si/c1-4-13-16(14-5-2,15-6-3)7-8-9-11-12-10-8/h4-7H2,1-3H3,(H,9,10,11,12). The van der Waals surface area contributed by atoms with Crippen molar-refractivity contribution in [3.63, 3.8) is 0 Å². The van der Waals surface area contributed by atoms with Crippen LogP contribution in [0.25, 0.3) is 0 Å². The van der Waals surface area contributed by atoms with Crippen LogP contribution in [0.2, 0.25) is 0 Å². The van der Waals surface area contributed by atoms with E-state index in [2.05, 4.69) is 20.6 Å². The zero-order valence-corrected chi connectivity index (χ0v) is 10.9. The summed E-state index contributed by atoms with van der Waals surface area (Å²) in [6, 6.07) is 0.468. The van der Waals surface area contributed by atoms with Crippen LogP contribution in [-0.4, -0.2) is 49.2 Å². The van der Waals surface area contributed by atoms with Gasteiger partial charge < -0.3 is 13.3 Å².